The number of aryl methyl sites for hydroxylation is 2. The van der Waals surface area contributed by atoms with E-state index in [0.29, 0.717) is 35.5 Å². The summed E-state index contributed by atoms with van der Waals surface area (Å²) in [4.78, 5) is 25.9. The second-order valence-electron chi connectivity index (χ2n) is 9.46. The van der Waals surface area contributed by atoms with Crippen LogP contribution in [0.25, 0.3) is 5.57 Å². The maximum absolute atomic E-state index is 13.3. The number of esters is 2. The van der Waals surface area contributed by atoms with E-state index in [1.165, 1.54) is 0 Å². The van der Waals surface area contributed by atoms with Crippen molar-refractivity contribution in [2.45, 2.75) is 77.4 Å². The Morgan fingerprint density at radius 3 is 2.39 bits per heavy atom. The molecule has 1 aromatic rings. The molecular weight excluding hydrogens is 396 g/mol. The molecule has 1 saturated carbocycles. The molecule has 0 radical (unpaired) electrons. The van der Waals surface area contributed by atoms with E-state index in [1.54, 1.807) is 21.0 Å². The largest absolute Gasteiger partial charge is 0.496 e. The van der Waals surface area contributed by atoms with Crippen molar-refractivity contribution in [3.63, 3.8) is 0 Å². The first-order chi connectivity index (χ1) is 14.7. The lowest BCUT2D eigenvalue weighted by molar-refractivity contribution is -0.162. The van der Waals surface area contributed by atoms with E-state index in [4.69, 9.17) is 18.9 Å². The molecule has 0 bridgehead atoms. The number of carbonyl (C=O) groups is 2. The van der Waals surface area contributed by atoms with Crippen LogP contribution in [0.15, 0.2) is 17.9 Å². The Hall–Kier alpha value is -2.34. The average molecular weight is 429 g/mol. The summed E-state index contributed by atoms with van der Waals surface area (Å²) in [6, 6.07) is 3.88. The van der Waals surface area contributed by atoms with Crippen molar-refractivity contribution in [3.05, 3.63) is 34.6 Å². The third kappa shape index (κ3) is 3.75. The number of rotatable bonds is 4. The number of ether oxygens (including phenoxy) is 4. The molecule has 1 aromatic carbocycles. The first-order valence-electron chi connectivity index (χ1n) is 11.2. The Labute approximate surface area is 183 Å². The number of methoxy groups -OCH3 is 1. The van der Waals surface area contributed by atoms with Crippen molar-refractivity contribution in [1.82, 2.24) is 0 Å². The lowest BCUT2D eigenvalue weighted by Crippen LogP contribution is -2.45. The fraction of sp³-hybridized carbons (Fsp3) is 0.600. The monoisotopic (exact) mass is 428 g/mol. The SMILES string of the molecule is COc1cc(C)cc(C)c1C1=C(OC(=O)C(C)C)[C@]2(CC[C@@]3(CCCO3)CC2)OC1=O. The summed E-state index contributed by atoms with van der Waals surface area (Å²) in [5.74, 6) is -0.234. The molecule has 2 heterocycles. The molecule has 2 aliphatic heterocycles. The molecule has 6 heteroatoms. The highest BCUT2D eigenvalue weighted by Gasteiger charge is 2.56. The number of benzene rings is 1. The van der Waals surface area contributed by atoms with E-state index in [9.17, 15) is 9.59 Å². The first kappa shape index (κ1) is 21.9. The van der Waals surface area contributed by atoms with Gasteiger partial charge in [0.05, 0.1) is 18.6 Å². The summed E-state index contributed by atoms with van der Waals surface area (Å²) in [5.41, 5.74) is 1.79. The zero-order chi connectivity index (χ0) is 22.4. The van der Waals surface area contributed by atoms with E-state index in [-0.39, 0.29) is 17.5 Å². The van der Waals surface area contributed by atoms with E-state index < -0.39 is 11.6 Å². The quantitative estimate of drug-likeness (QED) is 0.651. The van der Waals surface area contributed by atoms with Gasteiger partial charge in [-0.15, -0.1) is 0 Å². The van der Waals surface area contributed by atoms with Crippen LogP contribution in [0.3, 0.4) is 0 Å². The van der Waals surface area contributed by atoms with Crippen molar-refractivity contribution in [3.8, 4) is 5.75 Å². The van der Waals surface area contributed by atoms with Crippen LogP contribution in [0, 0.1) is 19.8 Å². The van der Waals surface area contributed by atoms with E-state index in [2.05, 4.69) is 0 Å². The normalized spacial score (nSPS) is 28.0. The maximum Gasteiger partial charge on any atom is 0.343 e. The van der Waals surface area contributed by atoms with Crippen molar-refractivity contribution < 1.29 is 28.5 Å². The van der Waals surface area contributed by atoms with Gasteiger partial charge in [0.15, 0.2) is 11.4 Å². The van der Waals surface area contributed by atoms with Gasteiger partial charge in [0, 0.05) is 12.2 Å². The highest BCUT2D eigenvalue weighted by atomic mass is 16.6. The predicted molar refractivity (Wildman–Crippen MR) is 116 cm³/mol. The molecule has 0 aromatic heterocycles. The molecule has 0 amide bonds. The molecule has 1 saturated heterocycles. The third-order valence-corrected chi connectivity index (χ3v) is 6.87. The predicted octanol–water partition coefficient (Wildman–Crippen LogP) is 4.64. The minimum Gasteiger partial charge on any atom is -0.496 e. The van der Waals surface area contributed by atoms with Gasteiger partial charge in [0.2, 0.25) is 0 Å². The minimum atomic E-state index is -0.934. The Morgan fingerprint density at radius 2 is 1.81 bits per heavy atom. The Balaban J connectivity index is 1.82. The molecule has 2 fully saturated rings. The average Bonchev–Trinajstić information content (AvgIpc) is 3.27. The zero-order valence-corrected chi connectivity index (χ0v) is 19.1. The van der Waals surface area contributed by atoms with Crippen LogP contribution in [0.4, 0.5) is 0 Å². The molecule has 0 unspecified atom stereocenters. The Kier molecular flexibility index (Phi) is 5.63. The molecule has 168 valence electrons. The van der Waals surface area contributed by atoms with Gasteiger partial charge in [-0.05, 0) is 69.6 Å². The number of carbonyl (C=O) groups excluding carboxylic acids is 2. The van der Waals surface area contributed by atoms with Crippen LogP contribution in [0.2, 0.25) is 0 Å². The van der Waals surface area contributed by atoms with Crippen LogP contribution >= 0.6 is 0 Å². The highest BCUT2D eigenvalue weighted by Crippen LogP contribution is 2.53. The molecule has 3 aliphatic rings. The van der Waals surface area contributed by atoms with Gasteiger partial charge < -0.3 is 18.9 Å². The summed E-state index contributed by atoms with van der Waals surface area (Å²) in [7, 11) is 1.58. The molecule has 31 heavy (non-hydrogen) atoms. The lowest BCUT2D eigenvalue weighted by atomic mass is 9.73. The summed E-state index contributed by atoms with van der Waals surface area (Å²) in [6.45, 7) is 8.26. The number of hydrogen-bond acceptors (Lipinski definition) is 6. The van der Waals surface area contributed by atoms with Gasteiger partial charge in [-0.1, -0.05) is 19.9 Å². The van der Waals surface area contributed by atoms with Crippen molar-refractivity contribution in [1.29, 1.82) is 0 Å². The van der Waals surface area contributed by atoms with Crippen molar-refractivity contribution in [2.75, 3.05) is 13.7 Å². The van der Waals surface area contributed by atoms with Crippen molar-refractivity contribution >= 4 is 17.5 Å². The minimum absolute atomic E-state index is 0.134. The fourth-order valence-electron chi connectivity index (χ4n) is 5.17. The third-order valence-electron chi connectivity index (χ3n) is 6.87. The van der Waals surface area contributed by atoms with Gasteiger partial charge in [0.1, 0.15) is 11.3 Å². The lowest BCUT2D eigenvalue weighted by Gasteiger charge is -2.41. The smallest absolute Gasteiger partial charge is 0.343 e. The van der Waals surface area contributed by atoms with Crippen LogP contribution in [0.1, 0.15) is 69.1 Å². The van der Waals surface area contributed by atoms with Crippen LogP contribution in [0.5, 0.6) is 5.75 Å². The summed E-state index contributed by atoms with van der Waals surface area (Å²) in [6.07, 6.45) is 4.80. The van der Waals surface area contributed by atoms with E-state index in [1.807, 2.05) is 26.0 Å². The fourth-order valence-corrected chi connectivity index (χ4v) is 5.17. The Morgan fingerprint density at radius 1 is 1.10 bits per heavy atom. The van der Waals surface area contributed by atoms with Gasteiger partial charge >= 0.3 is 11.9 Å². The molecule has 6 nitrogen and oxygen atoms in total. The van der Waals surface area contributed by atoms with Crippen LogP contribution in [-0.4, -0.2) is 36.9 Å². The maximum atomic E-state index is 13.3. The van der Waals surface area contributed by atoms with Crippen LogP contribution < -0.4 is 4.74 Å². The van der Waals surface area contributed by atoms with Gasteiger partial charge in [-0.2, -0.15) is 0 Å². The highest BCUT2D eigenvalue weighted by molar-refractivity contribution is 6.21. The topological polar surface area (TPSA) is 71.1 Å². The zero-order valence-electron chi connectivity index (χ0n) is 19.1. The summed E-state index contributed by atoms with van der Waals surface area (Å²) >= 11 is 0. The van der Waals surface area contributed by atoms with Gasteiger partial charge in [-0.25, -0.2) is 4.79 Å². The molecule has 4 rings (SSSR count). The summed E-state index contributed by atoms with van der Waals surface area (Å²) in [5, 5.41) is 0. The molecular formula is C25H32O6. The Bertz CT molecular complexity index is 926. The number of hydrogen-bond donors (Lipinski definition) is 0. The van der Waals surface area contributed by atoms with Gasteiger partial charge in [-0.3, -0.25) is 4.79 Å². The van der Waals surface area contributed by atoms with Crippen molar-refractivity contribution in [2.24, 2.45) is 5.92 Å². The molecule has 0 atom stereocenters. The molecule has 0 N–H and O–H groups in total. The van der Waals surface area contributed by atoms with E-state index >= 15 is 0 Å². The second-order valence-corrected chi connectivity index (χ2v) is 9.46. The summed E-state index contributed by atoms with van der Waals surface area (Å²) < 4.78 is 23.7. The van der Waals surface area contributed by atoms with Crippen LogP contribution in [-0.2, 0) is 23.8 Å². The molecule has 1 aliphatic carbocycles. The first-order valence-corrected chi connectivity index (χ1v) is 11.2. The van der Waals surface area contributed by atoms with E-state index in [0.717, 1.165) is 43.4 Å². The standard InChI is InChI=1S/C25H32O6/c1-15(2)22(26)30-21-20(19-17(4)13-16(3)14-18(19)28-5)23(27)31-25(21)10-8-24(9-11-25)7-6-12-29-24/h13-15H,6-12H2,1-5H3/t24-,25+. The molecule has 2 spiro atoms. The second kappa shape index (κ2) is 7.97. The van der Waals surface area contributed by atoms with Gasteiger partial charge in [0.25, 0.3) is 0 Å².